The Bertz CT molecular complexity index is 833. The van der Waals surface area contributed by atoms with E-state index in [1.807, 2.05) is 12.1 Å². The molecule has 0 aliphatic heterocycles. The number of tetrazole rings is 1. The van der Waals surface area contributed by atoms with Gasteiger partial charge in [0, 0.05) is 5.02 Å². The fourth-order valence-corrected chi connectivity index (χ4v) is 2.81. The summed E-state index contributed by atoms with van der Waals surface area (Å²) in [5.74, 6) is 0.747. The minimum Gasteiger partial charge on any atom is -0.463 e. The second kappa shape index (κ2) is 6.84. The lowest BCUT2D eigenvalue weighted by Gasteiger charge is -2.03. The number of hydrogen-bond donors (Lipinski definition) is 0. The van der Waals surface area contributed by atoms with Crippen molar-refractivity contribution in [2.75, 3.05) is 7.11 Å². The smallest absolute Gasteiger partial charge is 0.373 e. The lowest BCUT2D eigenvalue weighted by Crippen LogP contribution is -1.99. The predicted molar refractivity (Wildman–Crippen MR) is 83.8 cm³/mol. The van der Waals surface area contributed by atoms with Crippen LogP contribution in [0.5, 0.6) is 0 Å². The van der Waals surface area contributed by atoms with Gasteiger partial charge in [0.05, 0.1) is 18.6 Å². The molecule has 2 heterocycles. The number of methoxy groups -OCH3 is 1. The third-order valence-corrected chi connectivity index (χ3v) is 4.06. The number of rotatable bonds is 5. The van der Waals surface area contributed by atoms with E-state index in [2.05, 4.69) is 20.3 Å². The van der Waals surface area contributed by atoms with Crippen molar-refractivity contribution in [3.8, 4) is 5.69 Å². The van der Waals surface area contributed by atoms with E-state index in [9.17, 15) is 4.79 Å². The largest absolute Gasteiger partial charge is 0.463 e. The average molecular weight is 351 g/mol. The fourth-order valence-electron chi connectivity index (χ4n) is 1.84. The molecule has 0 saturated carbocycles. The molecular formula is C14H11ClN4O3S. The molecule has 0 unspecified atom stereocenters. The van der Waals surface area contributed by atoms with Gasteiger partial charge >= 0.3 is 5.97 Å². The van der Waals surface area contributed by atoms with Crippen molar-refractivity contribution < 1.29 is 13.9 Å². The second-order valence-corrected chi connectivity index (χ2v) is 5.78. The van der Waals surface area contributed by atoms with Crippen LogP contribution in [0, 0.1) is 0 Å². The van der Waals surface area contributed by atoms with E-state index in [1.165, 1.54) is 18.9 Å². The van der Waals surface area contributed by atoms with Gasteiger partial charge in [-0.25, -0.2) is 4.79 Å². The Kier molecular flexibility index (Phi) is 4.63. The quantitative estimate of drug-likeness (QED) is 0.516. The van der Waals surface area contributed by atoms with Crippen molar-refractivity contribution >= 4 is 29.3 Å². The van der Waals surface area contributed by atoms with Crippen LogP contribution >= 0.6 is 23.4 Å². The molecule has 0 N–H and O–H groups in total. The van der Waals surface area contributed by atoms with Gasteiger partial charge < -0.3 is 9.15 Å². The number of benzene rings is 1. The summed E-state index contributed by atoms with van der Waals surface area (Å²) in [6, 6.07) is 10.5. The number of carbonyl (C=O) groups excluding carboxylic acids is 1. The fraction of sp³-hybridized carbons (Fsp3) is 0.143. The first-order valence-electron chi connectivity index (χ1n) is 6.51. The van der Waals surface area contributed by atoms with Gasteiger partial charge in [-0.1, -0.05) is 29.4 Å². The molecular weight excluding hydrogens is 340 g/mol. The van der Waals surface area contributed by atoms with Crippen LogP contribution in [0.25, 0.3) is 5.69 Å². The number of hydrogen-bond acceptors (Lipinski definition) is 7. The highest BCUT2D eigenvalue weighted by molar-refractivity contribution is 7.98. The molecule has 118 valence electrons. The molecule has 0 spiro atoms. The zero-order valence-electron chi connectivity index (χ0n) is 12.0. The molecule has 0 aliphatic rings. The maximum Gasteiger partial charge on any atom is 0.373 e. The Balaban J connectivity index is 1.73. The number of furan rings is 1. The summed E-state index contributed by atoms with van der Waals surface area (Å²) < 4.78 is 11.6. The van der Waals surface area contributed by atoms with Crippen molar-refractivity contribution in [2.24, 2.45) is 0 Å². The zero-order chi connectivity index (χ0) is 16.2. The van der Waals surface area contributed by atoms with Crippen LogP contribution in [0.1, 0.15) is 16.3 Å². The zero-order valence-corrected chi connectivity index (χ0v) is 13.5. The first kappa shape index (κ1) is 15.6. The van der Waals surface area contributed by atoms with E-state index in [0.717, 1.165) is 5.69 Å². The number of halogens is 1. The Morgan fingerprint density at radius 2 is 2.26 bits per heavy atom. The van der Waals surface area contributed by atoms with Crippen LogP contribution in [-0.4, -0.2) is 33.3 Å². The van der Waals surface area contributed by atoms with Crippen molar-refractivity contribution in [1.82, 2.24) is 20.2 Å². The summed E-state index contributed by atoms with van der Waals surface area (Å²) in [5.41, 5.74) is 0.764. The van der Waals surface area contributed by atoms with Gasteiger partial charge in [-0.05, 0) is 40.8 Å². The van der Waals surface area contributed by atoms with Crippen molar-refractivity contribution in [2.45, 2.75) is 10.9 Å². The molecule has 0 amide bonds. The number of nitrogens with zero attached hydrogens (tertiary/aromatic N) is 4. The highest BCUT2D eigenvalue weighted by atomic mass is 35.5. The molecule has 0 radical (unpaired) electrons. The average Bonchev–Trinajstić information content (AvgIpc) is 3.21. The lowest BCUT2D eigenvalue weighted by atomic mass is 10.3. The molecule has 9 heteroatoms. The lowest BCUT2D eigenvalue weighted by molar-refractivity contribution is 0.0563. The molecule has 0 saturated heterocycles. The molecule has 1 aromatic carbocycles. The second-order valence-electron chi connectivity index (χ2n) is 4.40. The summed E-state index contributed by atoms with van der Waals surface area (Å²) in [6.45, 7) is 0. The molecule has 2 aromatic heterocycles. The Morgan fingerprint density at radius 3 is 3.04 bits per heavy atom. The van der Waals surface area contributed by atoms with Crippen LogP contribution in [0.4, 0.5) is 0 Å². The molecule has 3 aromatic rings. The summed E-state index contributed by atoms with van der Waals surface area (Å²) in [7, 11) is 1.30. The third kappa shape index (κ3) is 3.54. The summed E-state index contributed by atoms with van der Waals surface area (Å²) in [6.07, 6.45) is 0. The Morgan fingerprint density at radius 1 is 1.39 bits per heavy atom. The van der Waals surface area contributed by atoms with Gasteiger partial charge in [0.25, 0.3) is 0 Å². The summed E-state index contributed by atoms with van der Waals surface area (Å²) >= 11 is 7.36. The first-order valence-corrected chi connectivity index (χ1v) is 7.88. The number of esters is 1. The molecule has 0 aliphatic carbocycles. The van der Waals surface area contributed by atoms with Gasteiger partial charge in [0.1, 0.15) is 5.76 Å². The molecule has 0 atom stereocenters. The van der Waals surface area contributed by atoms with Gasteiger partial charge in [0.15, 0.2) is 0 Å². The summed E-state index contributed by atoms with van der Waals surface area (Å²) in [4.78, 5) is 11.4. The van der Waals surface area contributed by atoms with Crippen LogP contribution in [0.2, 0.25) is 5.02 Å². The number of carbonyl (C=O) groups is 1. The third-order valence-electron chi connectivity index (χ3n) is 2.89. The van der Waals surface area contributed by atoms with E-state index in [4.69, 9.17) is 16.0 Å². The van der Waals surface area contributed by atoms with Crippen LogP contribution in [0.3, 0.4) is 0 Å². The maximum absolute atomic E-state index is 11.4. The van der Waals surface area contributed by atoms with Crippen LogP contribution in [0.15, 0.2) is 46.0 Å². The van der Waals surface area contributed by atoms with Gasteiger partial charge in [-0.2, -0.15) is 4.68 Å². The van der Waals surface area contributed by atoms with Crippen molar-refractivity contribution in [1.29, 1.82) is 0 Å². The van der Waals surface area contributed by atoms with E-state index in [1.54, 1.807) is 28.9 Å². The van der Waals surface area contributed by atoms with Gasteiger partial charge in [-0.15, -0.1) is 5.10 Å². The molecule has 7 nitrogen and oxygen atoms in total. The normalized spacial score (nSPS) is 10.7. The summed E-state index contributed by atoms with van der Waals surface area (Å²) in [5, 5.41) is 12.8. The maximum atomic E-state index is 11.4. The molecule has 0 fully saturated rings. The highest BCUT2D eigenvalue weighted by Gasteiger charge is 2.14. The number of ether oxygens (including phenoxy) is 1. The van der Waals surface area contributed by atoms with Crippen molar-refractivity contribution in [3.63, 3.8) is 0 Å². The monoisotopic (exact) mass is 350 g/mol. The van der Waals surface area contributed by atoms with Gasteiger partial charge in [0.2, 0.25) is 10.9 Å². The topological polar surface area (TPSA) is 83.0 Å². The molecule has 23 heavy (non-hydrogen) atoms. The van der Waals surface area contributed by atoms with E-state index >= 15 is 0 Å². The number of aromatic nitrogens is 4. The standard InChI is InChI=1S/C14H11ClN4O3S/c1-21-13(20)12-6-5-11(22-12)8-23-14-16-17-18-19(14)10-4-2-3-9(15)7-10/h2-7H,8H2,1H3. The van der Waals surface area contributed by atoms with E-state index in [-0.39, 0.29) is 5.76 Å². The van der Waals surface area contributed by atoms with E-state index < -0.39 is 5.97 Å². The van der Waals surface area contributed by atoms with Crippen LogP contribution in [-0.2, 0) is 10.5 Å². The Hall–Kier alpha value is -2.32. The molecule has 3 rings (SSSR count). The van der Waals surface area contributed by atoms with Crippen molar-refractivity contribution in [3.05, 3.63) is 52.9 Å². The SMILES string of the molecule is COC(=O)c1ccc(CSc2nnnn2-c2cccc(Cl)c2)o1. The minimum atomic E-state index is -0.509. The van der Waals surface area contributed by atoms with Crippen LogP contribution < -0.4 is 0 Å². The number of thioether (sulfide) groups is 1. The minimum absolute atomic E-state index is 0.164. The van der Waals surface area contributed by atoms with E-state index in [0.29, 0.717) is 21.7 Å². The Labute approximate surface area is 140 Å². The molecule has 0 bridgehead atoms. The van der Waals surface area contributed by atoms with Gasteiger partial charge in [-0.3, -0.25) is 0 Å². The predicted octanol–water partition coefficient (Wildman–Crippen LogP) is 2.99. The highest BCUT2D eigenvalue weighted by Crippen LogP contribution is 2.24. The first-order chi connectivity index (χ1) is 11.2.